The van der Waals surface area contributed by atoms with Crippen LogP contribution in [0.2, 0.25) is 0 Å². The van der Waals surface area contributed by atoms with E-state index in [9.17, 15) is 9.59 Å². The Labute approximate surface area is 130 Å². The smallest absolute Gasteiger partial charge is 0.239 e. The fraction of sp³-hybridized carbons (Fsp3) is 0.222. The molecule has 1 amide bonds. The van der Waals surface area contributed by atoms with Gasteiger partial charge in [-0.15, -0.1) is 0 Å². The van der Waals surface area contributed by atoms with E-state index in [4.69, 9.17) is 0 Å². The lowest BCUT2D eigenvalue weighted by Gasteiger charge is -2.15. The van der Waals surface area contributed by atoms with Crippen LogP contribution in [0.1, 0.15) is 35.8 Å². The van der Waals surface area contributed by atoms with Crippen LogP contribution in [0.3, 0.4) is 0 Å². The van der Waals surface area contributed by atoms with E-state index >= 15 is 0 Å². The first-order chi connectivity index (χ1) is 10.6. The van der Waals surface area contributed by atoms with Crippen LogP contribution >= 0.6 is 0 Å². The van der Waals surface area contributed by atoms with Gasteiger partial charge in [-0.3, -0.25) is 9.59 Å². The van der Waals surface area contributed by atoms with E-state index < -0.39 is 0 Å². The molecule has 0 saturated carbocycles. The first kappa shape index (κ1) is 15.8. The van der Waals surface area contributed by atoms with Crippen molar-refractivity contribution in [1.82, 2.24) is 5.32 Å². The van der Waals surface area contributed by atoms with Crippen LogP contribution in [0, 0.1) is 0 Å². The van der Waals surface area contributed by atoms with Crippen molar-refractivity contribution in [1.29, 1.82) is 0 Å². The average molecular weight is 296 g/mol. The van der Waals surface area contributed by atoms with Gasteiger partial charge in [0.15, 0.2) is 5.78 Å². The molecule has 114 valence electrons. The second-order valence-corrected chi connectivity index (χ2v) is 5.16. The molecular weight excluding hydrogens is 276 g/mol. The van der Waals surface area contributed by atoms with Gasteiger partial charge in [-0.1, -0.05) is 42.5 Å². The number of carbonyl (C=O) groups excluding carboxylic acids is 2. The zero-order chi connectivity index (χ0) is 15.9. The van der Waals surface area contributed by atoms with Gasteiger partial charge in [-0.25, -0.2) is 0 Å². The molecule has 0 unspecified atom stereocenters. The lowest BCUT2D eigenvalue weighted by atomic mass is 10.1. The molecule has 2 aromatic carbocycles. The standard InChI is InChI=1S/C18H20N2O2/c1-13(15-8-4-3-5-9-15)20-18(22)12-19-17-11-7-6-10-16(17)14(2)21/h3-11,13,19H,12H2,1-2H3,(H,20,22)/t13-/m1/s1. The Balaban J connectivity index is 1.92. The molecule has 0 heterocycles. The molecule has 0 aliphatic heterocycles. The Kier molecular flexibility index (Phi) is 5.31. The lowest BCUT2D eigenvalue weighted by molar-refractivity contribution is -0.120. The van der Waals surface area contributed by atoms with Crippen molar-refractivity contribution in [2.24, 2.45) is 0 Å². The second kappa shape index (κ2) is 7.41. The van der Waals surface area contributed by atoms with Gasteiger partial charge < -0.3 is 10.6 Å². The molecule has 0 aliphatic rings. The third-order valence-electron chi connectivity index (χ3n) is 3.42. The summed E-state index contributed by atoms with van der Waals surface area (Å²) in [6.45, 7) is 3.58. The minimum Gasteiger partial charge on any atom is -0.376 e. The highest BCUT2D eigenvalue weighted by atomic mass is 16.2. The number of anilines is 1. The molecule has 0 aromatic heterocycles. The largest absolute Gasteiger partial charge is 0.376 e. The molecule has 0 spiro atoms. The molecule has 0 fully saturated rings. The monoisotopic (exact) mass is 296 g/mol. The number of ketones is 1. The van der Waals surface area contributed by atoms with Gasteiger partial charge in [0, 0.05) is 11.3 Å². The molecule has 2 N–H and O–H groups in total. The van der Waals surface area contributed by atoms with Crippen LogP contribution < -0.4 is 10.6 Å². The highest BCUT2D eigenvalue weighted by Crippen LogP contribution is 2.15. The maximum absolute atomic E-state index is 12.0. The van der Waals surface area contributed by atoms with Gasteiger partial charge in [0.05, 0.1) is 12.6 Å². The SMILES string of the molecule is CC(=O)c1ccccc1NCC(=O)N[C@H](C)c1ccccc1. The number of Topliss-reactive ketones (excluding diaryl/α,β-unsaturated/α-hetero) is 1. The molecule has 2 aromatic rings. The summed E-state index contributed by atoms with van der Waals surface area (Å²) in [4.78, 5) is 23.6. The Morgan fingerprint density at radius 1 is 1.00 bits per heavy atom. The fourth-order valence-corrected chi connectivity index (χ4v) is 2.24. The number of para-hydroxylation sites is 1. The molecule has 0 saturated heterocycles. The molecule has 1 atom stereocenters. The number of amides is 1. The average Bonchev–Trinajstić information content (AvgIpc) is 2.54. The predicted molar refractivity (Wildman–Crippen MR) is 87.9 cm³/mol. The van der Waals surface area contributed by atoms with Gasteiger partial charge in [-0.2, -0.15) is 0 Å². The van der Waals surface area contributed by atoms with Crippen molar-refractivity contribution in [3.63, 3.8) is 0 Å². The van der Waals surface area contributed by atoms with Gasteiger partial charge in [0.2, 0.25) is 5.91 Å². The van der Waals surface area contributed by atoms with Crippen molar-refractivity contribution >= 4 is 17.4 Å². The van der Waals surface area contributed by atoms with Gasteiger partial charge >= 0.3 is 0 Å². The van der Waals surface area contributed by atoms with Crippen LogP contribution in [-0.4, -0.2) is 18.2 Å². The highest BCUT2D eigenvalue weighted by molar-refractivity contribution is 6.00. The van der Waals surface area contributed by atoms with E-state index in [2.05, 4.69) is 10.6 Å². The minimum absolute atomic E-state index is 0.0267. The van der Waals surface area contributed by atoms with Crippen LogP contribution in [0.15, 0.2) is 54.6 Å². The van der Waals surface area contributed by atoms with Crippen LogP contribution in [0.5, 0.6) is 0 Å². The van der Waals surface area contributed by atoms with Crippen LogP contribution in [0.4, 0.5) is 5.69 Å². The number of rotatable bonds is 6. The normalized spacial score (nSPS) is 11.5. The van der Waals surface area contributed by atoms with Crippen molar-refractivity contribution < 1.29 is 9.59 Å². The molecule has 4 nitrogen and oxygen atoms in total. The van der Waals surface area contributed by atoms with Crippen molar-refractivity contribution in [3.05, 3.63) is 65.7 Å². The molecule has 0 aliphatic carbocycles. The Morgan fingerprint density at radius 2 is 1.64 bits per heavy atom. The summed E-state index contributed by atoms with van der Waals surface area (Å²) in [6.07, 6.45) is 0. The van der Waals surface area contributed by atoms with Gasteiger partial charge in [0.1, 0.15) is 0 Å². The van der Waals surface area contributed by atoms with E-state index in [1.165, 1.54) is 6.92 Å². The van der Waals surface area contributed by atoms with E-state index in [1.54, 1.807) is 18.2 Å². The summed E-state index contributed by atoms with van der Waals surface area (Å²) in [7, 11) is 0. The Bertz CT molecular complexity index is 653. The highest BCUT2D eigenvalue weighted by Gasteiger charge is 2.10. The Morgan fingerprint density at radius 3 is 2.32 bits per heavy atom. The summed E-state index contributed by atoms with van der Waals surface area (Å²) < 4.78 is 0. The molecule has 4 heteroatoms. The van der Waals surface area contributed by atoms with E-state index in [1.807, 2.05) is 43.3 Å². The second-order valence-electron chi connectivity index (χ2n) is 5.16. The van der Waals surface area contributed by atoms with Crippen LogP contribution in [-0.2, 0) is 4.79 Å². The van der Waals surface area contributed by atoms with E-state index in [0.717, 1.165) is 5.56 Å². The topological polar surface area (TPSA) is 58.2 Å². The third kappa shape index (κ3) is 4.19. The molecule has 2 rings (SSSR count). The summed E-state index contributed by atoms with van der Waals surface area (Å²) in [5.41, 5.74) is 2.32. The number of hydrogen-bond acceptors (Lipinski definition) is 3. The summed E-state index contributed by atoms with van der Waals surface area (Å²) in [5, 5.41) is 5.95. The molecular formula is C18H20N2O2. The number of carbonyl (C=O) groups is 2. The summed E-state index contributed by atoms with van der Waals surface area (Å²) in [6, 6.07) is 16.9. The number of benzene rings is 2. The number of hydrogen-bond donors (Lipinski definition) is 2. The van der Waals surface area contributed by atoms with Gasteiger partial charge in [0.25, 0.3) is 0 Å². The van der Waals surface area contributed by atoms with Crippen molar-refractivity contribution in [2.75, 3.05) is 11.9 Å². The molecule has 22 heavy (non-hydrogen) atoms. The Hall–Kier alpha value is -2.62. The van der Waals surface area contributed by atoms with Gasteiger partial charge in [-0.05, 0) is 31.5 Å². The number of nitrogens with one attached hydrogen (secondary N) is 2. The quantitative estimate of drug-likeness (QED) is 0.805. The third-order valence-corrected chi connectivity index (χ3v) is 3.42. The molecule has 0 bridgehead atoms. The minimum atomic E-state index is -0.116. The van der Waals surface area contributed by atoms with Crippen molar-refractivity contribution in [3.8, 4) is 0 Å². The maximum Gasteiger partial charge on any atom is 0.239 e. The van der Waals surface area contributed by atoms with E-state index in [0.29, 0.717) is 11.3 Å². The summed E-state index contributed by atoms with van der Waals surface area (Å²) in [5.74, 6) is -0.143. The predicted octanol–water partition coefficient (Wildman–Crippen LogP) is 3.18. The zero-order valence-electron chi connectivity index (χ0n) is 12.8. The van der Waals surface area contributed by atoms with Crippen molar-refractivity contribution in [2.45, 2.75) is 19.9 Å². The first-order valence-corrected chi connectivity index (χ1v) is 7.26. The lowest BCUT2D eigenvalue weighted by Crippen LogP contribution is -2.32. The van der Waals surface area contributed by atoms with E-state index in [-0.39, 0.29) is 24.3 Å². The zero-order valence-corrected chi connectivity index (χ0v) is 12.8. The molecule has 0 radical (unpaired) electrons. The maximum atomic E-state index is 12.0. The fourth-order valence-electron chi connectivity index (χ4n) is 2.24. The first-order valence-electron chi connectivity index (χ1n) is 7.26. The summed E-state index contributed by atoms with van der Waals surface area (Å²) >= 11 is 0. The van der Waals surface area contributed by atoms with Crippen LogP contribution in [0.25, 0.3) is 0 Å².